The molecule has 0 amide bonds. The van der Waals surface area contributed by atoms with Gasteiger partial charge >= 0.3 is 0 Å². The Labute approximate surface area is 130 Å². The van der Waals surface area contributed by atoms with E-state index >= 15 is 0 Å². The first kappa shape index (κ1) is 15.3. The molecule has 0 spiro atoms. The molecule has 1 saturated heterocycles. The van der Waals surface area contributed by atoms with E-state index in [9.17, 15) is 0 Å². The lowest BCUT2D eigenvalue weighted by Crippen LogP contribution is -2.45. The van der Waals surface area contributed by atoms with Gasteiger partial charge in [-0.25, -0.2) is 0 Å². The Kier molecular flexibility index (Phi) is 5.96. The average Bonchev–Trinajstić information content (AvgIpc) is 2.83. The van der Waals surface area contributed by atoms with Crippen molar-refractivity contribution in [2.24, 2.45) is 5.16 Å². The van der Waals surface area contributed by atoms with Crippen LogP contribution in [0.5, 0.6) is 0 Å². The Hall–Kier alpha value is -0.570. The van der Waals surface area contributed by atoms with Crippen LogP contribution in [0, 0.1) is 0 Å². The summed E-state index contributed by atoms with van der Waals surface area (Å²) >= 11 is 0. The molecular formula is C18H32N2O. The third-order valence-electron chi connectivity index (χ3n) is 5.50. The topological polar surface area (TPSA) is 24.8 Å². The second-order valence-electron chi connectivity index (χ2n) is 7.16. The summed E-state index contributed by atoms with van der Waals surface area (Å²) in [6.07, 6.45) is 17.5. The van der Waals surface area contributed by atoms with Gasteiger partial charge in [-0.05, 0) is 70.9 Å². The van der Waals surface area contributed by atoms with Crippen LogP contribution < -0.4 is 0 Å². The van der Waals surface area contributed by atoms with Gasteiger partial charge in [0.05, 0.1) is 11.8 Å². The van der Waals surface area contributed by atoms with E-state index in [0.717, 1.165) is 6.42 Å². The Bertz CT molecular complexity index is 328. The monoisotopic (exact) mass is 292 g/mol. The molecule has 1 atom stereocenters. The molecule has 3 nitrogen and oxygen atoms in total. The molecule has 0 aromatic carbocycles. The summed E-state index contributed by atoms with van der Waals surface area (Å²) in [5, 5.41) is 4.68. The zero-order valence-corrected chi connectivity index (χ0v) is 13.6. The lowest BCUT2D eigenvalue weighted by molar-refractivity contribution is 0.0450. The van der Waals surface area contributed by atoms with Crippen LogP contribution in [0.1, 0.15) is 83.5 Å². The maximum absolute atomic E-state index is 5.98. The van der Waals surface area contributed by atoms with Crippen LogP contribution in [0.4, 0.5) is 0 Å². The van der Waals surface area contributed by atoms with Crippen molar-refractivity contribution in [3.8, 4) is 0 Å². The summed E-state index contributed by atoms with van der Waals surface area (Å²) in [4.78, 5) is 8.66. The van der Waals surface area contributed by atoms with E-state index in [4.69, 9.17) is 4.84 Å². The minimum atomic E-state index is 0.393. The molecule has 0 N–H and O–H groups in total. The van der Waals surface area contributed by atoms with Crippen LogP contribution in [0.3, 0.4) is 0 Å². The number of likely N-dealkylation sites (tertiary alicyclic amines) is 1. The van der Waals surface area contributed by atoms with Crippen LogP contribution in [0.2, 0.25) is 0 Å². The molecule has 3 rings (SSSR count). The number of rotatable bonds is 3. The Morgan fingerprint density at radius 1 is 0.762 bits per heavy atom. The van der Waals surface area contributed by atoms with Crippen LogP contribution >= 0.6 is 0 Å². The number of nitrogens with zero attached hydrogens (tertiary/aromatic N) is 2. The van der Waals surface area contributed by atoms with Crippen molar-refractivity contribution >= 4 is 5.71 Å². The number of hydrogen-bond acceptors (Lipinski definition) is 3. The molecule has 3 fully saturated rings. The van der Waals surface area contributed by atoms with E-state index in [0.29, 0.717) is 12.1 Å². The average molecular weight is 292 g/mol. The molecule has 0 aromatic rings. The maximum Gasteiger partial charge on any atom is 0.127 e. The summed E-state index contributed by atoms with van der Waals surface area (Å²) in [7, 11) is 0. The van der Waals surface area contributed by atoms with E-state index in [2.05, 4.69) is 10.1 Å². The van der Waals surface area contributed by atoms with Gasteiger partial charge in [0.2, 0.25) is 0 Å². The fourth-order valence-electron chi connectivity index (χ4n) is 4.20. The highest BCUT2D eigenvalue weighted by Gasteiger charge is 2.28. The first-order chi connectivity index (χ1) is 10.4. The smallest absolute Gasteiger partial charge is 0.127 e. The minimum absolute atomic E-state index is 0.393. The summed E-state index contributed by atoms with van der Waals surface area (Å²) in [6, 6.07) is 0.588. The van der Waals surface area contributed by atoms with Gasteiger partial charge in [0.25, 0.3) is 0 Å². The molecule has 120 valence electrons. The fourth-order valence-corrected chi connectivity index (χ4v) is 4.20. The fraction of sp³-hybridized carbons (Fsp3) is 0.944. The Balaban J connectivity index is 1.58. The van der Waals surface area contributed by atoms with Crippen LogP contribution in [0.25, 0.3) is 0 Å². The van der Waals surface area contributed by atoms with E-state index < -0.39 is 0 Å². The molecule has 21 heavy (non-hydrogen) atoms. The summed E-state index contributed by atoms with van der Waals surface area (Å²) < 4.78 is 0. The van der Waals surface area contributed by atoms with Crippen molar-refractivity contribution in [3.05, 3.63) is 0 Å². The Morgan fingerprint density at radius 3 is 2.19 bits per heavy atom. The lowest BCUT2D eigenvalue weighted by atomic mass is 9.91. The first-order valence-corrected chi connectivity index (χ1v) is 9.40. The minimum Gasteiger partial charge on any atom is -0.393 e. The van der Waals surface area contributed by atoms with Crippen LogP contribution in [-0.4, -0.2) is 35.8 Å². The van der Waals surface area contributed by atoms with Gasteiger partial charge in [0.1, 0.15) is 6.10 Å². The second-order valence-corrected chi connectivity index (χ2v) is 7.16. The third-order valence-corrected chi connectivity index (χ3v) is 5.50. The Morgan fingerprint density at radius 2 is 1.43 bits per heavy atom. The van der Waals surface area contributed by atoms with Gasteiger partial charge < -0.3 is 4.84 Å². The predicted octanol–water partition coefficient (Wildman–Crippen LogP) is 4.51. The molecule has 0 radical (unpaired) electrons. The predicted molar refractivity (Wildman–Crippen MR) is 87.7 cm³/mol. The number of oxime groups is 1. The van der Waals surface area contributed by atoms with Crippen molar-refractivity contribution in [1.82, 2.24) is 4.90 Å². The highest BCUT2D eigenvalue weighted by molar-refractivity contribution is 5.89. The second kappa shape index (κ2) is 8.17. The van der Waals surface area contributed by atoms with Crippen molar-refractivity contribution in [2.45, 2.75) is 95.6 Å². The molecule has 1 heterocycles. The lowest BCUT2D eigenvalue weighted by Gasteiger charge is -2.37. The van der Waals surface area contributed by atoms with E-state index in [1.54, 1.807) is 0 Å². The quantitative estimate of drug-likeness (QED) is 0.565. The molecule has 3 aliphatic rings. The van der Waals surface area contributed by atoms with Gasteiger partial charge in [-0.2, -0.15) is 0 Å². The van der Waals surface area contributed by atoms with Gasteiger partial charge in [0, 0.05) is 0 Å². The summed E-state index contributed by atoms with van der Waals surface area (Å²) in [5.41, 5.74) is 1.35. The third kappa shape index (κ3) is 4.45. The van der Waals surface area contributed by atoms with Crippen molar-refractivity contribution in [1.29, 1.82) is 0 Å². The molecule has 3 heteroatoms. The number of hydrogen-bond donors (Lipinski definition) is 0. The van der Waals surface area contributed by atoms with E-state index in [1.165, 1.54) is 95.9 Å². The van der Waals surface area contributed by atoms with Gasteiger partial charge in [-0.15, -0.1) is 0 Å². The normalized spacial score (nSPS) is 32.0. The van der Waals surface area contributed by atoms with Crippen LogP contribution in [-0.2, 0) is 4.84 Å². The molecule has 0 aromatic heterocycles. The van der Waals surface area contributed by atoms with Gasteiger partial charge in [-0.1, -0.05) is 30.8 Å². The SMILES string of the molecule is C1CCCC(ON=C2CCCCC2N2CCCCC2)CC1. The number of piperidine rings is 1. The van der Waals surface area contributed by atoms with Crippen molar-refractivity contribution in [2.75, 3.05) is 13.1 Å². The first-order valence-electron chi connectivity index (χ1n) is 9.40. The largest absolute Gasteiger partial charge is 0.393 e. The summed E-state index contributed by atoms with van der Waals surface area (Å²) in [5.74, 6) is 0. The maximum atomic E-state index is 5.98. The van der Waals surface area contributed by atoms with Crippen LogP contribution in [0.15, 0.2) is 5.16 Å². The van der Waals surface area contributed by atoms with Crippen molar-refractivity contribution < 1.29 is 4.84 Å². The molecule has 2 saturated carbocycles. The highest BCUT2D eigenvalue weighted by atomic mass is 16.6. The summed E-state index contributed by atoms with van der Waals surface area (Å²) in [6.45, 7) is 2.54. The molecule has 2 aliphatic carbocycles. The molecule has 1 unspecified atom stereocenters. The van der Waals surface area contributed by atoms with Gasteiger partial charge in [0.15, 0.2) is 0 Å². The highest BCUT2D eigenvalue weighted by Crippen LogP contribution is 2.25. The molecule has 1 aliphatic heterocycles. The standard InChI is InChI=1S/C18H32N2O/c1-2-5-11-16(10-4-1)21-19-17-12-6-7-13-18(17)20-14-8-3-9-15-20/h16,18H,1-15H2. The zero-order chi connectivity index (χ0) is 14.3. The molecular weight excluding hydrogens is 260 g/mol. The molecule has 0 bridgehead atoms. The van der Waals surface area contributed by atoms with Gasteiger partial charge in [-0.3, -0.25) is 4.90 Å². The van der Waals surface area contributed by atoms with E-state index in [-0.39, 0.29) is 0 Å². The zero-order valence-electron chi connectivity index (χ0n) is 13.6. The van der Waals surface area contributed by atoms with E-state index in [1.807, 2.05) is 0 Å². The van der Waals surface area contributed by atoms with Crippen molar-refractivity contribution in [3.63, 3.8) is 0 Å².